The quantitative estimate of drug-likeness (QED) is 0.652. The summed E-state index contributed by atoms with van der Waals surface area (Å²) in [5, 5.41) is 7.65. The van der Waals surface area contributed by atoms with Crippen molar-refractivity contribution in [2.45, 2.75) is 59.0 Å². The van der Waals surface area contributed by atoms with Crippen LogP contribution in [0.1, 0.15) is 46.5 Å². The standard InChI is InChI=1S/C14H27N3O/c1-4-9-17-12-14(11-16-17)18-10-7-5-6-8-15-13(2)3/h11-13,15H,4-10H2,1-3H3. The van der Waals surface area contributed by atoms with E-state index in [1.54, 1.807) is 6.20 Å². The van der Waals surface area contributed by atoms with Crippen LogP contribution in [-0.2, 0) is 6.54 Å². The zero-order chi connectivity index (χ0) is 13.2. The third-order valence-electron chi connectivity index (χ3n) is 2.70. The van der Waals surface area contributed by atoms with Crippen LogP contribution in [-0.4, -0.2) is 29.0 Å². The maximum atomic E-state index is 5.66. The van der Waals surface area contributed by atoms with Gasteiger partial charge in [-0.05, 0) is 32.2 Å². The summed E-state index contributed by atoms with van der Waals surface area (Å²) < 4.78 is 7.59. The molecular formula is C14H27N3O. The number of ether oxygens (including phenoxy) is 1. The van der Waals surface area contributed by atoms with Crippen molar-refractivity contribution in [1.29, 1.82) is 0 Å². The second-order valence-corrected chi connectivity index (χ2v) is 4.96. The van der Waals surface area contributed by atoms with E-state index in [2.05, 4.69) is 31.2 Å². The molecule has 0 fully saturated rings. The average Bonchev–Trinajstić information content (AvgIpc) is 2.76. The second kappa shape index (κ2) is 8.97. The molecule has 0 saturated heterocycles. The molecule has 1 aromatic rings. The smallest absolute Gasteiger partial charge is 0.157 e. The molecule has 0 radical (unpaired) electrons. The van der Waals surface area contributed by atoms with Crippen molar-refractivity contribution in [3.63, 3.8) is 0 Å². The number of aryl methyl sites for hydroxylation is 1. The molecule has 0 atom stereocenters. The molecule has 0 unspecified atom stereocenters. The predicted molar refractivity (Wildman–Crippen MR) is 75.0 cm³/mol. The fourth-order valence-corrected chi connectivity index (χ4v) is 1.76. The summed E-state index contributed by atoms with van der Waals surface area (Å²) in [4.78, 5) is 0. The number of aromatic nitrogens is 2. The van der Waals surface area contributed by atoms with Crippen LogP contribution in [0.5, 0.6) is 5.75 Å². The Kier molecular flexibility index (Phi) is 7.49. The Balaban J connectivity index is 2.00. The van der Waals surface area contributed by atoms with Crippen molar-refractivity contribution in [2.24, 2.45) is 0 Å². The largest absolute Gasteiger partial charge is 0.490 e. The van der Waals surface area contributed by atoms with Gasteiger partial charge < -0.3 is 10.1 Å². The van der Waals surface area contributed by atoms with Gasteiger partial charge in [-0.25, -0.2) is 0 Å². The number of rotatable bonds is 10. The van der Waals surface area contributed by atoms with E-state index < -0.39 is 0 Å². The van der Waals surface area contributed by atoms with E-state index in [1.165, 1.54) is 12.8 Å². The second-order valence-electron chi connectivity index (χ2n) is 4.96. The van der Waals surface area contributed by atoms with Crippen molar-refractivity contribution < 1.29 is 4.74 Å². The van der Waals surface area contributed by atoms with Crippen molar-refractivity contribution in [1.82, 2.24) is 15.1 Å². The summed E-state index contributed by atoms with van der Waals surface area (Å²) in [7, 11) is 0. The Hall–Kier alpha value is -1.03. The van der Waals surface area contributed by atoms with Crippen molar-refractivity contribution in [3.8, 4) is 5.75 Å². The van der Waals surface area contributed by atoms with Crippen molar-refractivity contribution in [3.05, 3.63) is 12.4 Å². The minimum atomic E-state index is 0.589. The number of nitrogens with zero attached hydrogens (tertiary/aromatic N) is 2. The lowest BCUT2D eigenvalue weighted by Gasteiger charge is -2.07. The molecule has 0 aliphatic carbocycles. The molecule has 0 saturated carbocycles. The Morgan fingerprint density at radius 2 is 2.17 bits per heavy atom. The lowest BCUT2D eigenvalue weighted by molar-refractivity contribution is 0.304. The van der Waals surface area contributed by atoms with E-state index in [0.717, 1.165) is 38.3 Å². The van der Waals surface area contributed by atoms with Gasteiger partial charge in [0.25, 0.3) is 0 Å². The minimum absolute atomic E-state index is 0.589. The first-order chi connectivity index (χ1) is 8.72. The summed E-state index contributed by atoms with van der Waals surface area (Å²) in [6.07, 6.45) is 8.42. The van der Waals surface area contributed by atoms with E-state index in [9.17, 15) is 0 Å². The maximum Gasteiger partial charge on any atom is 0.157 e. The summed E-state index contributed by atoms with van der Waals surface area (Å²) in [6.45, 7) is 9.36. The zero-order valence-electron chi connectivity index (χ0n) is 12.0. The first kappa shape index (κ1) is 15.0. The third kappa shape index (κ3) is 6.64. The SMILES string of the molecule is CCCn1cc(OCCCCCNC(C)C)cn1. The van der Waals surface area contributed by atoms with Gasteiger partial charge >= 0.3 is 0 Å². The van der Waals surface area contributed by atoms with E-state index in [-0.39, 0.29) is 0 Å². The van der Waals surface area contributed by atoms with Gasteiger partial charge in [0.2, 0.25) is 0 Å². The fourth-order valence-electron chi connectivity index (χ4n) is 1.76. The molecule has 1 aromatic heterocycles. The van der Waals surface area contributed by atoms with Crippen molar-refractivity contribution >= 4 is 0 Å². The first-order valence-electron chi connectivity index (χ1n) is 7.11. The molecule has 0 bridgehead atoms. The highest BCUT2D eigenvalue weighted by Crippen LogP contribution is 2.09. The van der Waals surface area contributed by atoms with Gasteiger partial charge in [0.05, 0.1) is 19.0 Å². The first-order valence-corrected chi connectivity index (χ1v) is 7.11. The number of hydrogen-bond acceptors (Lipinski definition) is 3. The highest BCUT2D eigenvalue weighted by atomic mass is 16.5. The van der Waals surface area contributed by atoms with Crippen LogP contribution in [0.4, 0.5) is 0 Å². The van der Waals surface area contributed by atoms with E-state index >= 15 is 0 Å². The molecule has 104 valence electrons. The zero-order valence-corrected chi connectivity index (χ0v) is 12.0. The summed E-state index contributed by atoms with van der Waals surface area (Å²) >= 11 is 0. The average molecular weight is 253 g/mol. The maximum absolute atomic E-state index is 5.66. The van der Waals surface area contributed by atoms with Gasteiger partial charge in [-0.1, -0.05) is 20.8 Å². The molecule has 18 heavy (non-hydrogen) atoms. The van der Waals surface area contributed by atoms with E-state index in [1.807, 2.05) is 10.9 Å². The van der Waals surface area contributed by atoms with Crippen LogP contribution in [0, 0.1) is 0 Å². The molecule has 0 spiro atoms. The Labute approximate surface area is 111 Å². The molecule has 4 heteroatoms. The van der Waals surface area contributed by atoms with E-state index in [0.29, 0.717) is 6.04 Å². The number of nitrogens with one attached hydrogen (secondary N) is 1. The van der Waals surface area contributed by atoms with Gasteiger partial charge in [-0.3, -0.25) is 4.68 Å². The number of unbranched alkanes of at least 4 members (excludes halogenated alkanes) is 2. The molecular weight excluding hydrogens is 226 g/mol. The normalized spacial score (nSPS) is 11.1. The topological polar surface area (TPSA) is 39.1 Å². The molecule has 1 heterocycles. The van der Waals surface area contributed by atoms with Gasteiger partial charge in [0, 0.05) is 12.6 Å². The Morgan fingerprint density at radius 1 is 1.33 bits per heavy atom. The van der Waals surface area contributed by atoms with Crippen LogP contribution in [0.3, 0.4) is 0 Å². The predicted octanol–water partition coefficient (Wildman–Crippen LogP) is 2.84. The van der Waals surface area contributed by atoms with Crippen molar-refractivity contribution in [2.75, 3.05) is 13.2 Å². The van der Waals surface area contributed by atoms with Gasteiger partial charge in [-0.15, -0.1) is 0 Å². The molecule has 0 aliphatic rings. The van der Waals surface area contributed by atoms with Crippen LogP contribution < -0.4 is 10.1 Å². The Morgan fingerprint density at radius 3 is 2.89 bits per heavy atom. The van der Waals surface area contributed by atoms with Gasteiger partial charge in [0.15, 0.2) is 5.75 Å². The minimum Gasteiger partial charge on any atom is -0.490 e. The summed E-state index contributed by atoms with van der Waals surface area (Å²) in [6, 6.07) is 0.589. The highest BCUT2D eigenvalue weighted by molar-refractivity contribution is 5.11. The fraction of sp³-hybridized carbons (Fsp3) is 0.786. The molecule has 1 rings (SSSR count). The van der Waals surface area contributed by atoms with Crippen LogP contribution >= 0.6 is 0 Å². The summed E-state index contributed by atoms with van der Waals surface area (Å²) in [5.74, 6) is 0.892. The molecule has 1 N–H and O–H groups in total. The van der Waals surface area contributed by atoms with Crippen LogP contribution in [0.15, 0.2) is 12.4 Å². The van der Waals surface area contributed by atoms with Crippen LogP contribution in [0.2, 0.25) is 0 Å². The third-order valence-corrected chi connectivity index (χ3v) is 2.70. The molecule has 0 aromatic carbocycles. The molecule has 0 amide bonds. The lowest BCUT2D eigenvalue weighted by Crippen LogP contribution is -2.23. The van der Waals surface area contributed by atoms with Gasteiger partial charge in [0.1, 0.15) is 0 Å². The van der Waals surface area contributed by atoms with Gasteiger partial charge in [-0.2, -0.15) is 5.10 Å². The lowest BCUT2D eigenvalue weighted by atomic mass is 10.2. The monoisotopic (exact) mass is 253 g/mol. The summed E-state index contributed by atoms with van der Waals surface area (Å²) in [5.41, 5.74) is 0. The van der Waals surface area contributed by atoms with Crippen LogP contribution in [0.25, 0.3) is 0 Å². The van der Waals surface area contributed by atoms with E-state index in [4.69, 9.17) is 4.74 Å². The molecule has 0 aliphatic heterocycles. The number of hydrogen-bond donors (Lipinski definition) is 1. The molecule has 4 nitrogen and oxygen atoms in total. The Bertz CT molecular complexity index is 310. The highest BCUT2D eigenvalue weighted by Gasteiger charge is 1.98.